The third-order valence-corrected chi connectivity index (χ3v) is 6.55. The number of aromatic hydroxyl groups is 1. The van der Waals surface area contributed by atoms with Gasteiger partial charge in [0, 0.05) is 31.7 Å². The van der Waals surface area contributed by atoms with Gasteiger partial charge in [-0.15, -0.1) is 0 Å². The quantitative estimate of drug-likeness (QED) is 0.383. The smallest absolute Gasteiger partial charge is 0.278 e. The van der Waals surface area contributed by atoms with E-state index in [1.165, 1.54) is 12.1 Å². The van der Waals surface area contributed by atoms with E-state index in [9.17, 15) is 14.7 Å². The highest BCUT2D eigenvalue weighted by Crippen LogP contribution is 2.37. The summed E-state index contributed by atoms with van der Waals surface area (Å²) >= 11 is 19.3. The van der Waals surface area contributed by atoms with Gasteiger partial charge in [0.2, 0.25) is 0 Å². The number of carbonyl (C=O) groups is 2. The van der Waals surface area contributed by atoms with E-state index in [2.05, 4.69) is 5.32 Å². The number of nitrogens with zero attached hydrogens (tertiary/aromatic N) is 1. The first kappa shape index (κ1) is 22.6. The zero-order valence-electron chi connectivity index (χ0n) is 16.3. The van der Waals surface area contributed by atoms with Crippen molar-refractivity contribution in [2.24, 2.45) is 0 Å². The molecule has 1 aliphatic heterocycles. The number of halogens is 3. The summed E-state index contributed by atoms with van der Waals surface area (Å²) in [4.78, 5) is 28.6. The van der Waals surface area contributed by atoms with Crippen molar-refractivity contribution >= 4 is 64.1 Å². The molecule has 1 heterocycles. The van der Waals surface area contributed by atoms with E-state index < -0.39 is 11.8 Å². The number of thioether (sulfide) groups is 1. The lowest BCUT2D eigenvalue weighted by Gasteiger charge is -2.16. The lowest BCUT2D eigenvalue weighted by molar-refractivity contribution is -0.137. The summed E-state index contributed by atoms with van der Waals surface area (Å²) in [7, 11) is 0. The zero-order chi connectivity index (χ0) is 22.8. The highest BCUT2D eigenvalue weighted by atomic mass is 35.5. The molecule has 3 aromatic carbocycles. The number of anilines is 1. The van der Waals surface area contributed by atoms with Crippen LogP contribution in [-0.2, 0) is 16.1 Å². The number of phenolic OH excluding ortho intramolecular Hbond substituents is 1. The van der Waals surface area contributed by atoms with Crippen LogP contribution in [0.15, 0.2) is 82.2 Å². The minimum Gasteiger partial charge on any atom is -0.508 e. The third kappa shape index (κ3) is 4.89. The average molecular weight is 506 g/mol. The Kier molecular flexibility index (Phi) is 6.67. The highest BCUT2D eigenvalue weighted by molar-refractivity contribution is 8.04. The predicted octanol–water partition coefficient (Wildman–Crippen LogP) is 6.34. The molecular formula is C23H15Cl3N2O3S. The fourth-order valence-electron chi connectivity index (χ4n) is 3.07. The number of carbonyl (C=O) groups excluding carboxylic acids is 2. The first-order valence-electron chi connectivity index (χ1n) is 9.35. The number of hydrogen-bond donors (Lipinski definition) is 2. The second kappa shape index (κ2) is 9.46. The van der Waals surface area contributed by atoms with E-state index in [1.54, 1.807) is 54.6 Å². The number of rotatable bonds is 6. The van der Waals surface area contributed by atoms with Crippen molar-refractivity contribution in [1.82, 2.24) is 4.90 Å². The molecule has 0 bridgehead atoms. The molecule has 0 saturated carbocycles. The number of imide groups is 1. The minimum atomic E-state index is -0.499. The van der Waals surface area contributed by atoms with Gasteiger partial charge in [0.1, 0.15) is 16.4 Å². The molecule has 0 spiro atoms. The van der Waals surface area contributed by atoms with E-state index in [0.717, 1.165) is 21.6 Å². The second-order valence-electron chi connectivity index (χ2n) is 6.87. The largest absolute Gasteiger partial charge is 0.508 e. The SMILES string of the molecule is O=C1C(Nc2cccc(O)c2)=C(Sc2ccc(Cl)cc2)C(=O)N1Cc1ccc(Cl)cc1Cl. The molecule has 0 aromatic heterocycles. The maximum absolute atomic E-state index is 13.3. The van der Waals surface area contributed by atoms with Gasteiger partial charge in [-0.2, -0.15) is 0 Å². The van der Waals surface area contributed by atoms with E-state index in [1.807, 2.05) is 0 Å². The van der Waals surface area contributed by atoms with Crippen LogP contribution in [0.2, 0.25) is 15.1 Å². The van der Waals surface area contributed by atoms with Crippen LogP contribution < -0.4 is 5.32 Å². The van der Waals surface area contributed by atoms with Crippen LogP contribution in [0.1, 0.15) is 5.56 Å². The number of phenols is 1. The molecule has 1 aliphatic rings. The Morgan fingerprint density at radius 3 is 2.28 bits per heavy atom. The van der Waals surface area contributed by atoms with E-state index in [4.69, 9.17) is 34.8 Å². The van der Waals surface area contributed by atoms with Crippen LogP contribution in [0.4, 0.5) is 5.69 Å². The van der Waals surface area contributed by atoms with Gasteiger partial charge in [-0.1, -0.05) is 58.7 Å². The fraction of sp³-hybridized carbons (Fsp3) is 0.0435. The first-order chi connectivity index (χ1) is 15.3. The minimum absolute atomic E-state index is 0.0104. The Balaban J connectivity index is 1.69. The predicted molar refractivity (Wildman–Crippen MR) is 128 cm³/mol. The summed E-state index contributed by atoms with van der Waals surface area (Å²) in [6.45, 7) is -0.0104. The van der Waals surface area contributed by atoms with Gasteiger partial charge in [-0.05, 0) is 54.1 Å². The monoisotopic (exact) mass is 504 g/mol. The Labute approximate surface area is 203 Å². The van der Waals surface area contributed by atoms with Gasteiger partial charge >= 0.3 is 0 Å². The van der Waals surface area contributed by atoms with Gasteiger partial charge in [-0.3, -0.25) is 14.5 Å². The van der Waals surface area contributed by atoms with Gasteiger partial charge in [0.05, 0.1) is 6.54 Å². The molecule has 0 unspecified atom stereocenters. The van der Waals surface area contributed by atoms with E-state index >= 15 is 0 Å². The Morgan fingerprint density at radius 1 is 0.875 bits per heavy atom. The maximum atomic E-state index is 13.3. The molecule has 5 nitrogen and oxygen atoms in total. The summed E-state index contributed by atoms with van der Waals surface area (Å²) in [6.07, 6.45) is 0. The van der Waals surface area contributed by atoms with Crippen molar-refractivity contribution in [3.63, 3.8) is 0 Å². The van der Waals surface area contributed by atoms with Crippen molar-refractivity contribution in [1.29, 1.82) is 0 Å². The molecule has 2 amide bonds. The van der Waals surface area contributed by atoms with Gasteiger partial charge in [0.15, 0.2) is 0 Å². The summed E-state index contributed by atoms with van der Waals surface area (Å²) in [5.74, 6) is -0.923. The average Bonchev–Trinajstić information content (AvgIpc) is 2.96. The molecule has 3 aromatic rings. The molecule has 32 heavy (non-hydrogen) atoms. The summed E-state index contributed by atoms with van der Waals surface area (Å²) in [5.41, 5.74) is 1.18. The zero-order valence-corrected chi connectivity index (χ0v) is 19.4. The lowest BCUT2D eigenvalue weighted by Crippen LogP contribution is -2.32. The number of amides is 2. The van der Waals surface area contributed by atoms with Crippen LogP contribution in [0.25, 0.3) is 0 Å². The standard InChI is InChI=1S/C23H15Cl3N2O3S/c24-14-6-8-18(9-7-14)32-21-20(27-16-2-1-3-17(29)11-16)22(30)28(23(21)31)12-13-4-5-15(25)10-19(13)26/h1-11,27,29H,12H2. The van der Waals surface area contributed by atoms with Gasteiger partial charge < -0.3 is 10.4 Å². The molecule has 162 valence electrons. The number of benzene rings is 3. The van der Waals surface area contributed by atoms with Crippen molar-refractivity contribution < 1.29 is 14.7 Å². The van der Waals surface area contributed by atoms with Gasteiger partial charge in [0.25, 0.3) is 11.8 Å². The molecule has 0 aliphatic carbocycles. The van der Waals surface area contributed by atoms with Crippen LogP contribution in [-0.4, -0.2) is 21.8 Å². The lowest BCUT2D eigenvalue weighted by atomic mass is 10.2. The number of hydrogen-bond acceptors (Lipinski definition) is 5. The van der Waals surface area contributed by atoms with E-state index in [-0.39, 0.29) is 22.9 Å². The molecule has 2 N–H and O–H groups in total. The molecule has 0 fully saturated rings. The second-order valence-corrected chi connectivity index (χ2v) is 9.23. The molecule has 0 atom stereocenters. The number of nitrogens with one attached hydrogen (secondary N) is 1. The van der Waals surface area contributed by atoms with Crippen molar-refractivity contribution in [3.8, 4) is 5.75 Å². The van der Waals surface area contributed by atoms with Crippen molar-refractivity contribution in [2.45, 2.75) is 11.4 Å². The van der Waals surface area contributed by atoms with Crippen LogP contribution in [0.3, 0.4) is 0 Å². The summed E-state index contributed by atoms with van der Waals surface area (Å²) in [6, 6.07) is 18.1. The van der Waals surface area contributed by atoms with E-state index in [0.29, 0.717) is 26.3 Å². The van der Waals surface area contributed by atoms with Gasteiger partial charge in [-0.25, -0.2) is 0 Å². The van der Waals surface area contributed by atoms with Crippen LogP contribution >= 0.6 is 46.6 Å². The maximum Gasteiger partial charge on any atom is 0.278 e. The Bertz CT molecular complexity index is 1250. The highest BCUT2D eigenvalue weighted by Gasteiger charge is 2.39. The third-order valence-electron chi connectivity index (χ3n) is 4.62. The topological polar surface area (TPSA) is 69.6 Å². The Hall–Kier alpha value is -2.64. The molecular weight excluding hydrogens is 491 g/mol. The molecule has 9 heteroatoms. The van der Waals surface area contributed by atoms with Crippen LogP contribution in [0.5, 0.6) is 5.75 Å². The normalized spacial score (nSPS) is 13.8. The van der Waals surface area contributed by atoms with Crippen molar-refractivity contribution in [3.05, 3.63) is 98.0 Å². The van der Waals surface area contributed by atoms with Crippen LogP contribution in [0, 0.1) is 0 Å². The summed E-state index contributed by atoms with van der Waals surface area (Å²) < 4.78 is 0. The first-order valence-corrected chi connectivity index (χ1v) is 11.3. The molecule has 0 radical (unpaired) electrons. The summed E-state index contributed by atoms with van der Waals surface area (Å²) in [5, 5.41) is 14.1. The molecule has 4 rings (SSSR count). The fourth-order valence-corrected chi connectivity index (χ4v) is 4.61. The molecule has 0 saturated heterocycles. The Morgan fingerprint density at radius 2 is 1.59 bits per heavy atom. The van der Waals surface area contributed by atoms with Crippen molar-refractivity contribution in [2.75, 3.05) is 5.32 Å².